The van der Waals surface area contributed by atoms with Crippen molar-refractivity contribution in [1.82, 2.24) is 0 Å². The zero-order valence-electron chi connectivity index (χ0n) is 14.3. The number of amides is 1. The Labute approximate surface area is 145 Å². The SMILES string of the molecule is C[C@@H]([NH2+]C12CC3CC(CC(C3)C1)C2)C(=O)Nc1ccc(F)c(F)c1F. The molecular formula is C19H24F3N2O+. The Kier molecular flexibility index (Phi) is 4.06. The molecule has 4 aliphatic carbocycles. The van der Waals surface area contributed by atoms with Gasteiger partial charge in [-0.3, -0.25) is 4.79 Å². The van der Waals surface area contributed by atoms with Crippen LogP contribution in [0, 0.1) is 35.2 Å². The van der Waals surface area contributed by atoms with Gasteiger partial charge in [-0.15, -0.1) is 0 Å². The van der Waals surface area contributed by atoms with Crippen molar-refractivity contribution in [3.63, 3.8) is 0 Å². The number of nitrogens with one attached hydrogen (secondary N) is 1. The number of hydrogen-bond acceptors (Lipinski definition) is 1. The van der Waals surface area contributed by atoms with Crippen LogP contribution < -0.4 is 10.6 Å². The Balaban J connectivity index is 1.44. The van der Waals surface area contributed by atoms with Crippen molar-refractivity contribution < 1.29 is 23.3 Å². The Morgan fingerprint density at radius 3 is 2.20 bits per heavy atom. The molecule has 4 saturated carbocycles. The quantitative estimate of drug-likeness (QED) is 0.803. The van der Waals surface area contributed by atoms with E-state index >= 15 is 0 Å². The summed E-state index contributed by atoms with van der Waals surface area (Å²) in [7, 11) is 0. The fourth-order valence-electron chi connectivity index (χ4n) is 5.86. The number of carbonyl (C=O) groups is 1. The van der Waals surface area contributed by atoms with Crippen molar-refractivity contribution in [3.05, 3.63) is 29.6 Å². The van der Waals surface area contributed by atoms with Crippen LogP contribution in [0.3, 0.4) is 0 Å². The lowest BCUT2D eigenvalue weighted by Gasteiger charge is -2.55. The maximum Gasteiger partial charge on any atom is 0.282 e. The first-order valence-corrected chi connectivity index (χ1v) is 9.15. The molecule has 0 spiro atoms. The second kappa shape index (κ2) is 6.01. The topological polar surface area (TPSA) is 45.7 Å². The summed E-state index contributed by atoms with van der Waals surface area (Å²) >= 11 is 0. The van der Waals surface area contributed by atoms with Crippen molar-refractivity contribution in [2.45, 2.75) is 57.0 Å². The summed E-state index contributed by atoms with van der Waals surface area (Å²) in [6, 6.07) is 1.48. The van der Waals surface area contributed by atoms with Gasteiger partial charge in [0, 0.05) is 19.3 Å². The summed E-state index contributed by atoms with van der Waals surface area (Å²) in [6.45, 7) is 1.80. The van der Waals surface area contributed by atoms with Gasteiger partial charge in [-0.1, -0.05) is 0 Å². The van der Waals surface area contributed by atoms with Crippen molar-refractivity contribution in [2.75, 3.05) is 5.32 Å². The van der Waals surface area contributed by atoms with Gasteiger partial charge >= 0.3 is 0 Å². The van der Waals surface area contributed by atoms with Crippen LogP contribution >= 0.6 is 0 Å². The maximum atomic E-state index is 13.8. The molecule has 1 aromatic rings. The molecular weight excluding hydrogens is 329 g/mol. The number of carbonyl (C=O) groups excluding carboxylic acids is 1. The molecule has 1 amide bonds. The number of halogens is 3. The van der Waals surface area contributed by atoms with Gasteiger partial charge in [-0.25, -0.2) is 13.2 Å². The second-order valence-corrected chi connectivity index (χ2v) is 8.45. The van der Waals surface area contributed by atoms with Crippen LogP contribution in [-0.2, 0) is 4.79 Å². The molecule has 136 valence electrons. The molecule has 25 heavy (non-hydrogen) atoms. The van der Waals surface area contributed by atoms with E-state index in [0.717, 1.165) is 49.1 Å². The predicted octanol–water partition coefficient (Wildman–Crippen LogP) is 2.96. The molecule has 0 unspecified atom stereocenters. The highest BCUT2D eigenvalue weighted by Crippen LogP contribution is 2.54. The summed E-state index contributed by atoms with van der Waals surface area (Å²) in [5, 5.41) is 4.55. The van der Waals surface area contributed by atoms with E-state index in [0.29, 0.717) is 0 Å². The third-order valence-corrected chi connectivity index (χ3v) is 6.40. The summed E-state index contributed by atoms with van der Waals surface area (Å²) in [6.07, 6.45) is 7.43. The van der Waals surface area contributed by atoms with E-state index in [1.165, 1.54) is 19.3 Å². The number of rotatable bonds is 4. The van der Waals surface area contributed by atoms with Gasteiger partial charge in [0.1, 0.15) is 0 Å². The smallest absolute Gasteiger partial charge is 0.282 e. The van der Waals surface area contributed by atoms with Gasteiger partial charge in [-0.05, 0) is 56.1 Å². The average Bonchev–Trinajstić information content (AvgIpc) is 2.53. The van der Waals surface area contributed by atoms with E-state index in [1.807, 2.05) is 0 Å². The van der Waals surface area contributed by atoms with Gasteiger partial charge in [0.15, 0.2) is 23.5 Å². The first-order chi connectivity index (χ1) is 11.8. The molecule has 0 radical (unpaired) electrons. The Morgan fingerprint density at radius 1 is 1.08 bits per heavy atom. The summed E-state index contributed by atoms with van der Waals surface area (Å²) in [4.78, 5) is 12.5. The molecule has 3 nitrogen and oxygen atoms in total. The van der Waals surface area contributed by atoms with Crippen molar-refractivity contribution in [2.24, 2.45) is 17.8 Å². The van der Waals surface area contributed by atoms with E-state index < -0.39 is 23.5 Å². The highest BCUT2D eigenvalue weighted by molar-refractivity contribution is 5.93. The average molecular weight is 353 g/mol. The van der Waals surface area contributed by atoms with Crippen LogP contribution in [0.25, 0.3) is 0 Å². The van der Waals surface area contributed by atoms with Crippen LogP contribution in [0.5, 0.6) is 0 Å². The van der Waals surface area contributed by atoms with Crippen LogP contribution in [0.1, 0.15) is 45.4 Å². The van der Waals surface area contributed by atoms with Gasteiger partial charge in [0.05, 0.1) is 11.2 Å². The Hall–Kier alpha value is -1.56. The predicted molar refractivity (Wildman–Crippen MR) is 87.2 cm³/mol. The Morgan fingerprint density at radius 2 is 1.64 bits per heavy atom. The monoisotopic (exact) mass is 353 g/mol. The summed E-state index contributed by atoms with van der Waals surface area (Å²) in [5.41, 5.74) is -0.187. The molecule has 4 aliphatic rings. The number of quaternary nitrogens is 1. The summed E-state index contributed by atoms with van der Waals surface area (Å²) < 4.78 is 40.1. The molecule has 4 fully saturated rings. The summed E-state index contributed by atoms with van der Waals surface area (Å²) in [5.74, 6) is -2.21. The normalized spacial score (nSPS) is 34.2. The fraction of sp³-hybridized carbons (Fsp3) is 0.632. The lowest BCUT2D eigenvalue weighted by molar-refractivity contribution is -0.754. The first kappa shape index (κ1) is 16.9. The molecule has 5 rings (SSSR count). The molecule has 4 bridgehead atoms. The fourth-order valence-corrected chi connectivity index (χ4v) is 5.86. The highest BCUT2D eigenvalue weighted by Gasteiger charge is 2.54. The third-order valence-electron chi connectivity index (χ3n) is 6.40. The van der Waals surface area contributed by atoms with Gasteiger partial charge in [0.2, 0.25) is 0 Å². The minimum atomic E-state index is -1.56. The number of benzene rings is 1. The van der Waals surface area contributed by atoms with Gasteiger partial charge in [-0.2, -0.15) is 0 Å². The van der Waals surface area contributed by atoms with Gasteiger partial charge in [0.25, 0.3) is 5.91 Å². The molecule has 3 N–H and O–H groups in total. The molecule has 0 heterocycles. The first-order valence-electron chi connectivity index (χ1n) is 9.15. The number of hydrogen-bond donors (Lipinski definition) is 2. The Bertz CT molecular complexity index is 671. The molecule has 1 atom stereocenters. The zero-order chi connectivity index (χ0) is 17.8. The van der Waals surface area contributed by atoms with Gasteiger partial charge < -0.3 is 10.6 Å². The molecule has 0 aliphatic heterocycles. The van der Waals surface area contributed by atoms with Crippen LogP contribution in [0.2, 0.25) is 0 Å². The van der Waals surface area contributed by atoms with E-state index in [9.17, 15) is 18.0 Å². The van der Waals surface area contributed by atoms with E-state index in [2.05, 4.69) is 10.6 Å². The lowest BCUT2D eigenvalue weighted by atomic mass is 9.53. The van der Waals surface area contributed by atoms with E-state index in [-0.39, 0.29) is 17.1 Å². The zero-order valence-corrected chi connectivity index (χ0v) is 14.3. The largest absolute Gasteiger partial charge is 0.331 e. The van der Waals surface area contributed by atoms with Crippen molar-refractivity contribution in [3.8, 4) is 0 Å². The highest BCUT2D eigenvalue weighted by atomic mass is 19.2. The van der Waals surface area contributed by atoms with E-state index in [1.54, 1.807) is 6.92 Å². The minimum Gasteiger partial charge on any atom is -0.331 e. The standard InChI is InChI=1S/C19H23F3N2O/c1-10(18(25)23-15-3-2-14(20)16(21)17(15)22)24-19-7-11-4-12(8-19)6-13(5-11)9-19/h2-3,10-13,24H,4-9H2,1H3,(H,23,25)/p+1/t10-,11?,12?,13?,19?/m1/s1. The number of nitrogens with two attached hydrogens (primary N) is 1. The lowest BCUT2D eigenvalue weighted by Crippen LogP contribution is -3.03. The maximum absolute atomic E-state index is 13.8. The van der Waals surface area contributed by atoms with Crippen LogP contribution in [0.15, 0.2) is 12.1 Å². The minimum absolute atomic E-state index is 0.123. The van der Waals surface area contributed by atoms with Crippen LogP contribution in [-0.4, -0.2) is 17.5 Å². The second-order valence-electron chi connectivity index (χ2n) is 8.45. The van der Waals surface area contributed by atoms with Crippen molar-refractivity contribution in [1.29, 1.82) is 0 Å². The molecule has 6 heteroatoms. The van der Waals surface area contributed by atoms with E-state index in [4.69, 9.17) is 0 Å². The number of anilines is 1. The van der Waals surface area contributed by atoms with Crippen LogP contribution in [0.4, 0.5) is 18.9 Å². The molecule has 0 aromatic heterocycles. The molecule has 0 saturated heterocycles. The van der Waals surface area contributed by atoms with Crippen molar-refractivity contribution >= 4 is 11.6 Å². The third kappa shape index (κ3) is 3.05. The molecule has 1 aromatic carbocycles.